The number of carbonyl (C=O) groups is 1. The lowest BCUT2D eigenvalue weighted by Gasteiger charge is -2.28. The molecule has 6 heteroatoms. The van der Waals surface area contributed by atoms with Gasteiger partial charge in [-0.15, -0.1) is 0 Å². The first kappa shape index (κ1) is 17.1. The van der Waals surface area contributed by atoms with Crippen LogP contribution in [-0.2, 0) is 0 Å². The van der Waals surface area contributed by atoms with E-state index in [0.29, 0.717) is 6.54 Å². The highest BCUT2D eigenvalue weighted by Crippen LogP contribution is 2.23. The number of hydrogen-bond acceptors (Lipinski definition) is 3. The van der Waals surface area contributed by atoms with E-state index in [1.807, 2.05) is 27.7 Å². The quantitative estimate of drug-likeness (QED) is 0.616. The first-order valence-electron chi connectivity index (χ1n) is 6.90. The van der Waals surface area contributed by atoms with E-state index in [-0.39, 0.29) is 28.8 Å². The van der Waals surface area contributed by atoms with Gasteiger partial charge in [0.2, 0.25) is 0 Å². The second-order valence-electron chi connectivity index (χ2n) is 5.83. The van der Waals surface area contributed by atoms with Gasteiger partial charge in [-0.25, -0.2) is 4.39 Å². The molecule has 0 aliphatic rings. The maximum Gasteiger partial charge on any atom is 0.270 e. The molecular weight excluding hydrogens is 275 g/mol. The van der Waals surface area contributed by atoms with E-state index in [4.69, 9.17) is 0 Å². The van der Waals surface area contributed by atoms with E-state index >= 15 is 0 Å². The number of benzene rings is 1. The van der Waals surface area contributed by atoms with Gasteiger partial charge in [-0.1, -0.05) is 13.8 Å². The number of nitrogens with zero attached hydrogens (tertiary/aromatic N) is 2. The average Bonchev–Trinajstić information content (AvgIpc) is 2.37. The van der Waals surface area contributed by atoms with Crippen molar-refractivity contribution >= 4 is 11.6 Å². The highest BCUT2D eigenvalue weighted by Gasteiger charge is 2.25. The summed E-state index contributed by atoms with van der Waals surface area (Å²) in [4.78, 5) is 24.3. The number of nitro groups is 1. The lowest BCUT2D eigenvalue weighted by atomic mass is 10.1. The van der Waals surface area contributed by atoms with Crippen LogP contribution in [0.4, 0.5) is 10.1 Å². The Balaban J connectivity index is 3.30. The van der Waals surface area contributed by atoms with Gasteiger partial charge in [-0.05, 0) is 32.3 Å². The lowest BCUT2D eigenvalue weighted by molar-refractivity contribution is -0.385. The predicted octanol–water partition coefficient (Wildman–Crippen LogP) is 3.55. The van der Waals surface area contributed by atoms with Crippen molar-refractivity contribution in [1.29, 1.82) is 0 Å². The third kappa shape index (κ3) is 4.00. The first-order chi connectivity index (χ1) is 9.65. The van der Waals surface area contributed by atoms with E-state index in [1.165, 1.54) is 11.8 Å². The summed E-state index contributed by atoms with van der Waals surface area (Å²) in [6, 6.07) is 2.04. The van der Waals surface area contributed by atoms with Crippen LogP contribution in [0.5, 0.6) is 0 Å². The van der Waals surface area contributed by atoms with Gasteiger partial charge < -0.3 is 4.90 Å². The molecule has 0 saturated heterocycles. The molecule has 1 aromatic rings. The minimum Gasteiger partial charge on any atom is -0.336 e. The smallest absolute Gasteiger partial charge is 0.270 e. The number of rotatable bonds is 5. The molecule has 0 fully saturated rings. The number of halogens is 1. The van der Waals surface area contributed by atoms with Gasteiger partial charge in [-0.2, -0.15) is 0 Å². The van der Waals surface area contributed by atoms with Crippen molar-refractivity contribution < 1.29 is 14.1 Å². The Bertz CT molecular complexity index is 556. The number of non-ortho nitro benzene ring substituents is 1. The molecule has 1 rings (SSSR count). The monoisotopic (exact) mass is 296 g/mol. The van der Waals surface area contributed by atoms with Gasteiger partial charge in [0.15, 0.2) is 0 Å². The Hall–Kier alpha value is -1.98. The molecule has 0 heterocycles. The Morgan fingerprint density at radius 1 is 1.33 bits per heavy atom. The average molecular weight is 296 g/mol. The van der Waals surface area contributed by atoms with Gasteiger partial charge in [0.25, 0.3) is 11.6 Å². The molecular formula is C15H21FN2O3. The van der Waals surface area contributed by atoms with E-state index < -0.39 is 16.6 Å². The first-order valence-corrected chi connectivity index (χ1v) is 6.90. The Morgan fingerprint density at radius 3 is 2.33 bits per heavy atom. The number of aryl methyl sites for hydroxylation is 1. The molecule has 0 bridgehead atoms. The van der Waals surface area contributed by atoms with Crippen LogP contribution in [0.2, 0.25) is 0 Å². The van der Waals surface area contributed by atoms with Gasteiger partial charge in [0, 0.05) is 24.7 Å². The van der Waals surface area contributed by atoms with Crippen molar-refractivity contribution in [3.63, 3.8) is 0 Å². The summed E-state index contributed by atoms with van der Waals surface area (Å²) in [7, 11) is 0. The fourth-order valence-electron chi connectivity index (χ4n) is 2.09. The molecule has 5 nitrogen and oxygen atoms in total. The molecule has 0 radical (unpaired) electrons. The van der Waals surface area contributed by atoms with Crippen LogP contribution in [0.3, 0.4) is 0 Å². The summed E-state index contributed by atoms with van der Waals surface area (Å²) in [5, 5.41) is 10.9. The summed E-state index contributed by atoms with van der Waals surface area (Å²) in [6.07, 6.45) is 0. The molecule has 0 atom stereocenters. The van der Waals surface area contributed by atoms with Crippen LogP contribution in [0, 0.1) is 28.8 Å². The molecule has 1 aromatic carbocycles. The lowest BCUT2D eigenvalue weighted by Crippen LogP contribution is -2.40. The number of amides is 1. The van der Waals surface area contributed by atoms with Crippen molar-refractivity contribution in [1.82, 2.24) is 4.90 Å². The van der Waals surface area contributed by atoms with Crippen molar-refractivity contribution in [3.8, 4) is 0 Å². The highest BCUT2D eigenvalue weighted by atomic mass is 19.1. The molecule has 0 unspecified atom stereocenters. The highest BCUT2D eigenvalue weighted by molar-refractivity contribution is 5.95. The second-order valence-corrected chi connectivity index (χ2v) is 5.83. The number of carbonyl (C=O) groups excluding carboxylic acids is 1. The summed E-state index contributed by atoms with van der Waals surface area (Å²) in [5.41, 5.74) is -0.414. The standard InChI is InChI=1S/C15H21FN2O3/c1-9(2)8-17(10(3)4)15(19)13-7-12(18(20)21)6-11(5)14(13)16/h6-7,9-10H,8H2,1-5H3. The second kappa shape index (κ2) is 6.65. The minimum absolute atomic E-state index is 0.0980. The molecule has 0 N–H and O–H groups in total. The topological polar surface area (TPSA) is 63.5 Å². The molecule has 0 aliphatic carbocycles. The van der Waals surface area contributed by atoms with Crippen molar-refractivity contribution in [3.05, 3.63) is 39.2 Å². The van der Waals surface area contributed by atoms with E-state index in [2.05, 4.69) is 0 Å². The van der Waals surface area contributed by atoms with Crippen LogP contribution in [-0.4, -0.2) is 28.3 Å². The summed E-state index contributed by atoms with van der Waals surface area (Å²) in [5.74, 6) is -0.984. The largest absolute Gasteiger partial charge is 0.336 e. The molecule has 0 spiro atoms. The summed E-state index contributed by atoms with van der Waals surface area (Å²) in [6.45, 7) is 9.47. The molecule has 0 aliphatic heterocycles. The van der Waals surface area contributed by atoms with Gasteiger partial charge >= 0.3 is 0 Å². The Morgan fingerprint density at radius 2 is 1.90 bits per heavy atom. The number of hydrogen-bond donors (Lipinski definition) is 0. The minimum atomic E-state index is -0.694. The zero-order valence-corrected chi connectivity index (χ0v) is 13.0. The van der Waals surface area contributed by atoms with Crippen LogP contribution in [0.15, 0.2) is 12.1 Å². The van der Waals surface area contributed by atoms with E-state index in [0.717, 1.165) is 12.1 Å². The molecule has 0 saturated carbocycles. The third-order valence-electron chi connectivity index (χ3n) is 3.13. The summed E-state index contributed by atoms with van der Waals surface area (Å²) >= 11 is 0. The Kier molecular flexibility index (Phi) is 5.41. The van der Waals surface area contributed by atoms with Gasteiger partial charge in [-0.3, -0.25) is 14.9 Å². The van der Waals surface area contributed by atoms with E-state index in [1.54, 1.807) is 0 Å². The summed E-state index contributed by atoms with van der Waals surface area (Å²) < 4.78 is 14.2. The van der Waals surface area contributed by atoms with Crippen molar-refractivity contribution in [2.45, 2.75) is 40.7 Å². The van der Waals surface area contributed by atoms with Crippen LogP contribution in [0.25, 0.3) is 0 Å². The van der Waals surface area contributed by atoms with E-state index in [9.17, 15) is 19.3 Å². The molecule has 0 aromatic heterocycles. The predicted molar refractivity (Wildman–Crippen MR) is 78.8 cm³/mol. The maximum atomic E-state index is 14.2. The Labute approximate surface area is 123 Å². The van der Waals surface area contributed by atoms with Crippen molar-refractivity contribution in [2.24, 2.45) is 5.92 Å². The molecule has 116 valence electrons. The number of nitro benzene ring substituents is 1. The van der Waals surface area contributed by atoms with Crippen LogP contribution in [0.1, 0.15) is 43.6 Å². The zero-order chi connectivity index (χ0) is 16.3. The normalized spacial score (nSPS) is 11.0. The molecule has 21 heavy (non-hydrogen) atoms. The fraction of sp³-hybridized carbons (Fsp3) is 0.533. The third-order valence-corrected chi connectivity index (χ3v) is 3.13. The van der Waals surface area contributed by atoms with Crippen molar-refractivity contribution in [2.75, 3.05) is 6.54 Å². The molecule has 1 amide bonds. The SMILES string of the molecule is Cc1cc([N+](=O)[O-])cc(C(=O)N(CC(C)C)C(C)C)c1F. The van der Waals surface area contributed by atoms with Crippen LogP contribution < -0.4 is 0 Å². The van der Waals surface area contributed by atoms with Gasteiger partial charge in [0.05, 0.1) is 10.5 Å². The van der Waals surface area contributed by atoms with Gasteiger partial charge in [0.1, 0.15) is 5.82 Å². The maximum absolute atomic E-state index is 14.2. The zero-order valence-electron chi connectivity index (χ0n) is 13.0. The van der Waals surface area contributed by atoms with Crippen LogP contribution >= 0.6 is 0 Å². The fourth-order valence-corrected chi connectivity index (χ4v) is 2.09.